The van der Waals surface area contributed by atoms with Crippen molar-refractivity contribution in [2.75, 3.05) is 6.61 Å². The van der Waals surface area contributed by atoms with Gasteiger partial charge >= 0.3 is 5.97 Å². The summed E-state index contributed by atoms with van der Waals surface area (Å²) in [4.78, 5) is 23.8. The third-order valence-electron chi connectivity index (χ3n) is 2.95. The van der Waals surface area contributed by atoms with E-state index in [1.54, 1.807) is 6.92 Å². The molecule has 0 saturated heterocycles. The fourth-order valence-corrected chi connectivity index (χ4v) is 1.55. The highest BCUT2D eigenvalue weighted by atomic mass is 16.5. The third kappa shape index (κ3) is 6.57. The highest BCUT2D eigenvalue weighted by molar-refractivity contribution is 5.87. The Bertz CT molecular complexity index is 298. The first-order chi connectivity index (χ1) is 8.73. The van der Waals surface area contributed by atoms with Crippen molar-refractivity contribution in [3.63, 3.8) is 0 Å². The van der Waals surface area contributed by atoms with Crippen LogP contribution in [0, 0.1) is 5.41 Å². The maximum Gasteiger partial charge on any atom is 0.328 e. The molecule has 0 rings (SSSR count). The van der Waals surface area contributed by atoms with Crippen molar-refractivity contribution in [3.05, 3.63) is 0 Å². The van der Waals surface area contributed by atoms with Crippen molar-refractivity contribution in [1.29, 1.82) is 0 Å². The lowest BCUT2D eigenvalue weighted by Gasteiger charge is -2.27. The van der Waals surface area contributed by atoms with Gasteiger partial charge in [0.15, 0.2) is 0 Å². The molecular formula is C14H28N2O3. The molecule has 0 aliphatic rings. The molecular weight excluding hydrogens is 244 g/mol. The first kappa shape index (κ1) is 17.9. The van der Waals surface area contributed by atoms with E-state index in [0.717, 1.165) is 12.8 Å². The molecule has 19 heavy (non-hydrogen) atoms. The van der Waals surface area contributed by atoms with Gasteiger partial charge in [-0.3, -0.25) is 4.79 Å². The second-order valence-electron chi connectivity index (χ2n) is 5.80. The Balaban J connectivity index is 4.63. The normalized spacial score (nSPS) is 14.6. The van der Waals surface area contributed by atoms with Gasteiger partial charge in [-0.2, -0.15) is 0 Å². The number of ether oxygens (including phenoxy) is 1. The number of carbonyl (C=O) groups is 2. The van der Waals surface area contributed by atoms with Gasteiger partial charge in [-0.25, -0.2) is 4.79 Å². The monoisotopic (exact) mass is 272 g/mol. The Morgan fingerprint density at radius 2 is 1.84 bits per heavy atom. The summed E-state index contributed by atoms with van der Waals surface area (Å²) < 4.78 is 4.97. The smallest absolute Gasteiger partial charge is 0.328 e. The van der Waals surface area contributed by atoms with E-state index in [0.29, 0.717) is 13.0 Å². The number of hydrogen-bond donors (Lipinski definition) is 2. The van der Waals surface area contributed by atoms with Crippen LogP contribution in [0.1, 0.15) is 53.9 Å². The van der Waals surface area contributed by atoms with Crippen molar-refractivity contribution in [3.8, 4) is 0 Å². The number of esters is 1. The van der Waals surface area contributed by atoms with Gasteiger partial charge in [0.05, 0.1) is 12.6 Å². The van der Waals surface area contributed by atoms with Crippen LogP contribution in [0.3, 0.4) is 0 Å². The van der Waals surface area contributed by atoms with Crippen LogP contribution in [-0.4, -0.2) is 30.6 Å². The van der Waals surface area contributed by atoms with Crippen LogP contribution in [0.5, 0.6) is 0 Å². The van der Waals surface area contributed by atoms with Gasteiger partial charge < -0.3 is 15.8 Å². The van der Waals surface area contributed by atoms with E-state index in [1.807, 2.05) is 27.7 Å². The van der Waals surface area contributed by atoms with Crippen LogP contribution in [0.15, 0.2) is 0 Å². The Kier molecular flexibility index (Phi) is 7.68. The number of carbonyl (C=O) groups excluding carboxylic acids is 2. The number of hydrogen-bond acceptors (Lipinski definition) is 4. The summed E-state index contributed by atoms with van der Waals surface area (Å²) >= 11 is 0. The zero-order valence-corrected chi connectivity index (χ0v) is 12.8. The van der Waals surface area contributed by atoms with Crippen LogP contribution in [0.4, 0.5) is 0 Å². The maximum atomic E-state index is 12.0. The van der Waals surface area contributed by atoms with Crippen LogP contribution >= 0.6 is 0 Å². The lowest BCUT2D eigenvalue weighted by Crippen LogP contribution is -2.53. The summed E-state index contributed by atoms with van der Waals surface area (Å²) in [5, 5.41) is 2.70. The van der Waals surface area contributed by atoms with Crippen LogP contribution in [0.2, 0.25) is 0 Å². The van der Waals surface area contributed by atoms with Crippen molar-refractivity contribution in [2.45, 2.75) is 66.0 Å². The molecule has 0 heterocycles. The molecule has 0 bridgehead atoms. The van der Waals surface area contributed by atoms with Crippen LogP contribution in [0.25, 0.3) is 0 Å². The van der Waals surface area contributed by atoms with Gasteiger partial charge in [0.1, 0.15) is 6.04 Å². The Hall–Kier alpha value is -1.10. The molecule has 0 fully saturated rings. The summed E-state index contributed by atoms with van der Waals surface area (Å²) in [6.45, 7) is 9.76. The Morgan fingerprint density at radius 1 is 1.26 bits per heavy atom. The second-order valence-corrected chi connectivity index (χ2v) is 5.80. The van der Waals surface area contributed by atoms with E-state index >= 15 is 0 Å². The summed E-state index contributed by atoms with van der Waals surface area (Å²) in [5.41, 5.74) is 5.54. The fourth-order valence-electron chi connectivity index (χ4n) is 1.55. The molecule has 0 saturated carbocycles. The van der Waals surface area contributed by atoms with Gasteiger partial charge in [-0.1, -0.05) is 40.5 Å². The quantitative estimate of drug-likeness (QED) is 0.690. The number of rotatable bonds is 7. The molecule has 0 aromatic heterocycles. The SMILES string of the molecule is CCCCC(NC(=O)C(N)C(C)(C)C)C(=O)OCC. The summed E-state index contributed by atoms with van der Waals surface area (Å²) in [7, 11) is 0. The summed E-state index contributed by atoms with van der Waals surface area (Å²) in [5.74, 6) is -0.688. The van der Waals surface area contributed by atoms with Gasteiger partial charge in [-0.05, 0) is 18.8 Å². The molecule has 0 spiro atoms. The standard InChI is InChI=1S/C14H28N2O3/c1-6-8-9-10(13(18)19-7-2)16-12(17)11(15)14(3,4)5/h10-11H,6-9,15H2,1-5H3,(H,16,17). The molecule has 5 heteroatoms. The van der Waals surface area contributed by atoms with E-state index in [4.69, 9.17) is 10.5 Å². The number of amides is 1. The predicted molar refractivity (Wildman–Crippen MR) is 75.5 cm³/mol. The average molecular weight is 272 g/mol. The third-order valence-corrected chi connectivity index (χ3v) is 2.95. The number of nitrogens with two attached hydrogens (primary N) is 1. The van der Waals surface area contributed by atoms with E-state index in [-0.39, 0.29) is 17.3 Å². The van der Waals surface area contributed by atoms with E-state index in [2.05, 4.69) is 5.32 Å². The van der Waals surface area contributed by atoms with E-state index < -0.39 is 12.1 Å². The molecule has 0 aliphatic heterocycles. The van der Waals surface area contributed by atoms with Crippen molar-refractivity contribution in [1.82, 2.24) is 5.32 Å². The average Bonchev–Trinajstić information content (AvgIpc) is 2.32. The molecule has 0 aromatic carbocycles. The lowest BCUT2D eigenvalue weighted by atomic mass is 9.86. The minimum Gasteiger partial charge on any atom is -0.464 e. The molecule has 1 amide bonds. The summed E-state index contributed by atoms with van der Waals surface area (Å²) in [6.07, 6.45) is 2.39. The molecule has 0 radical (unpaired) electrons. The Morgan fingerprint density at radius 3 is 2.26 bits per heavy atom. The maximum absolute atomic E-state index is 12.0. The largest absolute Gasteiger partial charge is 0.464 e. The van der Waals surface area contributed by atoms with Crippen molar-refractivity contribution in [2.24, 2.45) is 11.1 Å². The topological polar surface area (TPSA) is 81.4 Å². The highest BCUT2D eigenvalue weighted by Gasteiger charge is 2.30. The fraction of sp³-hybridized carbons (Fsp3) is 0.857. The number of nitrogens with one attached hydrogen (secondary N) is 1. The molecule has 2 unspecified atom stereocenters. The van der Waals surface area contributed by atoms with E-state index in [9.17, 15) is 9.59 Å². The van der Waals surface area contributed by atoms with Gasteiger partial charge in [-0.15, -0.1) is 0 Å². The van der Waals surface area contributed by atoms with Crippen LogP contribution < -0.4 is 11.1 Å². The molecule has 0 aromatic rings. The number of unbranched alkanes of at least 4 members (excludes halogenated alkanes) is 1. The molecule has 3 N–H and O–H groups in total. The van der Waals surface area contributed by atoms with Crippen molar-refractivity contribution >= 4 is 11.9 Å². The predicted octanol–water partition coefficient (Wildman–Crippen LogP) is 1.60. The first-order valence-electron chi connectivity index (χ1n) is 6.96. The Labute approximate surface area is 116 Å². The minimum atomic E-state index is -0.647. The molecule has 5 nitrogen and oxygen atoms in total. The van der Waals surface area contributed by atoms with Crippen LogP contribution in [-0.2, 0) is 14.3 Å². The van der Waals surface area contributed by atoms with Crippen molar-refractivity contribution < 1.29 is 14.3 Å². The summed E-state index contributed by atoms with van der Waals surface area (Å²) in [6, 6.07) is -1.24. The van der Waals surface area contributed by atoms with Gasteiger partial charge in [0.25, 0.3) is 0 Å². The molecule has 0 aliphatic carbocycles. The second kappa shape index (κ2) is 8.15. The first-order valence-corrected chi connectivity index (χ1v) is 6.96. The highest BCUT2D eigenvalue weighted by Crippen LogP contribution is 2.17. The van der Waals surface area contributed by atoms with Gasteiger partial charge in [0.2, 0.25) is 5.91 Å². The van der Waals surface area contributed by atoms with Gasteiger partial charge in [0, 0.05) is 0 Å². The zero-order chi connectivity index (χ0) is 15.1. The minimum absolute atomic E-state index is 0.304. The molecule has 112 valence electrons. The van der Waals surface area contributed by atoms with E-state index in [1.165, 1.54) is 0 Å². The lowest BCUT2D eigenvalue weighted by molar-refractivity contribution is -0.148. The zero-order valence-electron chi connectivity index (χ0n) is 12.8. The molecule has 2 atom stereocenters.